The van der Waals surface area contributed by atoms with Crippen molar-refractivity contribution in [3.63, 3.8) is 0 Å². The molecule has 1 amide bonds. The van der Waals surface area contributed by atoms with Crippen LogP contribution in [0.1, 0.15) is 22.8 Å². The lowest BCUT2D eigenvalue weighted by Gasteiger charge is -2.24. The van der Waals surface area contributed by atoms with Crippen LogP contribution in [0.4, 0.5) is 5.69 Å². The maximum atomic E-state index is 12.2. The molecule has 0 aliphatic rings. The molecule has 94 valence electrons. The van der Waals surface area contributed by atoms with E-state index in [9.17, 15) is 4.79 Å². The highest BCUT2D eigenvalue weighted by molar-refractivity contribution is 7.98. The molecule has 3 nitrogen and oxygen atoms in total. The van der Waals surface area contributed by atoms with E-state index in [0.29, 0.717) is 5.56 Å². The number of carbonyl (C=O) groups excluding carboxylic acids is 1. The number of nitrogens with two attached hydrogens (primary N) is 1. The molecule has 17 heavy (non-hydrogen) atoms. The van der Waals surface area contributed by atoms with Crippen molar-refractivity contribution in [1.82, 2.24) is 4.90 Å². The highest BCUT2D eigenvalue weighted by atomic mass is 32.2. The van der Waals surface area contributed by atoms with Gasteiger partial charge in [-0.05, 0) is 43.9 Å². The Kier molecular flexibility index (Phi) is 4.87. The molecule has 1 unspecified atom stereocenters. The maximum absolute atomic E-state index is 12.2. The van der Waals surface area contributed by atoms with Gasteiger partial charge in [0.2, 0.25) is 0 Å². The molecule has 0 spiro atoms. The molecule has 1 rings (SSSR count). The highest BCUT2D eigenvalue weighted by Crippen LogP contribution is 2.15. The third kappa shape index (κ3) is 3.40. The quantitative estimate of drug-likeness (QED) is 0.837. The van der Waals surface area contributed by atoms with Gasteiger partial charge in [0, 0.05) is 30.1 Å². The molecule has 1 atom stereocenters. The van der Waals surface area contributed by atoms with E-state index in [4.69, 9.17) is 5.73 Å². The van der Waals surface area contributed by atoms with E-state index >= 15 is 0 Å². The van der Waals surface area contributed by atoms with Gasteiger partial charge in [-0.2, -0.15) is 11.8 Å². The fourth-order valence-electron chi connectivity index (χ4n) is 1.57. The molecule has 0 aromatic heterocycles. The Morgan fingerprint density at radius 2 is 2.18 bits per heavy atom. The van der Waals surface area contributed by atoms with Gasteiger partial charge in [-0.3, -0.25) is 4.79 Å². The van der Waals surface area contributed by atoms with Crippen LogP contribution >= 0.6 is 11.8 Å². The molecule has 0 bridgehead atoms. The maximum Gasteiger partial charge on any atom is 0.253 e. The molecule has 0 radical (unpaired) electrons. The fraction of sp³-hybridized carbons (Fsp3) is 0.462. The van der Waals surface area contributed by atoms with E-state index in [0.717, 1.165) is 17.0 Å². The van der Waals surface area contributed by atoms with Crippen LogP contribution in [-0.2, 0) is 0 Å². The minimum atomic E-state index is 0.0506. The van der Waals surface area contributed by atoms with Gasteiger partial charge in [0.15, 0.2) is 0 Å². The number of benzene rings is 1. The van der Waals surface area contributed by atoms with Gasteiger partial charge in [0.05, 0.1) is 0 Å². The summed E-state index contributed by atoms with van der Waals surface area (Å²) >= 11 is 1.74. The zero-order chi connectivity index (χ0) is 13.0. The largest absolute Gasteiger partial charge is 0.399 e. The van der Waals surface area contributed by atoms with Crippen molar-refractivity contribution >= 4 is 23.4 Å². The first-order chi connectivity index (χ1) is 7.97. The second-order valence-corrected chi connectivity index (χ2v) is 5.20. The molecule has 0 saturated heterocycles. The minimum absolute atomic E-state index is 0.0506. The molecule has 1 aromatic carbocycles. The molecular weight excluding hydrogens is 232 g/mol. The van der Waals surface area contributed by atoms with Gasteiger partial charge in [-0.15, -0.1) is 0 Å². The zero-order valence-electron chi connectivity index (χ0n) is 10.9. The average Bonchev–Trinajstić information content (AvgIpc) is 2.31. The van der Waals surface area contributed by atoms with Gasteiger partial charge >= 0.3 is 0 Å². The van der Waals surface area contributed by atoms with Gasteiger partial charge < -0.3 is 10.6 Å². The number of aryl methyl sites for hydroxylation is 1. The summed E-state index contributed by atoms with van der Waals surface area (Å²) in [5, 5.41) is 0. The van der Waals surface area contributed by atoms with Crippen LogP contribution in [-0.4, -0.2) is 35.9 Å². The average molecular weight is 252 g/mol. The summed E-state index contributed by atoms with van der Waals surface area (Å²) in [6.45, 7) is 3.97. The van der Waals surface area contributed by atoms with Crippen molar-refractivity contribution < 1.29 is 4.79 Å². The van der Waals surface area contributed by atoms with Crippen LogP contribution in [0.2, 0.25) is 0 Å². The van der Waals surface area contributed by atoms with E-state index in [1.807, 2.05) is 26.3 Å². The molecule has 0 aliphatic heterocycles. The predicted molar refractivity (Wildman–Crippen MR) is 75.5 cm³/mol. The lowest BCUT2D eigenvalue weighted by atomic mass is 10.1. The summed E-state index contributed by atoms with van der Waals surface area (Å²) in [7, 11) is 1.84. The summed E-state index contributed by atoms with van der Waals surface area (Å²) in [6, 6.07) is 5.65. The van der Waals surface area contributed by atoms with Crippen LogP contribution in [0.3, 0.4) is 0 Å². The van der Waals surface area contributed by atoms with Gasteiger partial charge in [-0.1, -0.05) is 0 Å². The van der Waals surface area contributed by atoms with Gasteiger partial charge in [0.25, 0.3) is 5.91 Å². The van der Waals surface area contributed by atoms with E-state index in [2.05, 4.69) is 6.92 Å². The number of thioether (sulfide) groups is 1. The predicted octanol–water partition coefficient (Wildman–Crippen LogP) is 2.40. The van der Waals surface area contributed by atoms with Crippen molar-refractivity contribution in [3.8, 4) is 0 Å². The highest BCUT2D eigenvalue weighted by Gasteiger charge is 2.17. The van der Waals surface area contributed by atoms with Crippen molar-refractivity contribution in [2.75, 3.05) is 24.8 Å². The molecule has 2 N–H and O–H groups in total. The third-order valence-electron chi connectivity index (χ3n) is 2.91. The van der Waals surface area contributed by atoms with E-state index in [1.165, 1.54) is 0 Å². The topological polar surface area (TPSA) is 46.3 Å². The van der Waals surface area contributed by atoms with Crippen LogP contribution < -0.4 is 5.73 Å². The Morgan fingerprint density at radius 1 is 1.53 bits per heavy atom. The van der Waals surface area contributed by atoms with Crippen molar-refractivity contribution in [3.05, 3.63) is 29.3 Å². The number of hydrogen-bond acceptors (Lipinski definition) is 3. The second-order valence-electron chi connectivity index (χ2n) is 4.29. The summed E-state index contributed by atoms with van der Waals surface area (Å²) in [5.41, 5.74) is 8.11. The lowest BCUT2D eigenvalue weighted by molar-refractivity contribution is 0.0757. The number of carbonyl (C=O) groups is 1. The molecular formula is C13H20N2OS. The smallest absolute Gasteiger partial charge is 0.253 e. The number of nitrogens with zero attached hydrogens (tertiary/aromatic N) is 1. The number of anilines is 1. The second kappa shape index (κ2) is 5.96. The zero-order valence-corrected chi connectivity index (χ0v) is 11.7. The Morgan fingerprint density at radius 3 is 2.71 bits per heavy atom. The van der Waals surface area contributed by atoms with Crippen LogP contribution in [0, 0.1) is 6.92 Å². The Bertz CT molecular complexity index is 406. The van der Waals surface area contributed by atoms with E-state index in [1.54, 1.807) is 28.8 Å². The summed E-state index contributed by atoms with van der Waals surface area (Å²) in [4.78, 5) is 14.0. The molecule has 0 fully saturated rings. The van der Waals surface area contributed by atoms with Crippen molar-refractivity contribution in [1.29, 1.82) is 0 Å². The van der Waals surface area contributed by atoms with Crippen LogP contribution in [0.5, 0.6) is 0 Å². The van der Waals surface area contributed by atoms with Gasteiger partial charge in [0.1, 0.15) is 0 Å². The molecule has 0 aliphatic carbocycles. The number of nitrogen functional groups attached to an aromatic ring is 1. The fourth-order valence-corrected chi connectivity index (χ4v) is 2.27. The van der Waals surface area contributed by atoms with E-state index in [-0.39, 0.29) is 11.9 Å². The number of hydrogen-bond donors (Lipinski definition) is 1. The number of amides is 1. The summed E-state index contributed by atoms with van der Waals surface area (Å²) in [6.07, 6.45) is 2.04. The van der Waals surface area contributed by atoms with E-state index < -0.39 is 0 Å². The normalized spacial score (nSPS) is 12.2. The summed E-state index contributed by atoms with van der Waals surface area (Å²) < 4.78 is 0. The van der Waals surface area contributed by atoms with Crippen LogP contribution in [0.25, 0.3) is 0 Å². The Hall–Kier alpha value is -1.16. The molecule has 0 heterocycles. The first-order valence-corrected chi connectivity index (χ1v) is 6.99. The molecule has 0 saturated carbocycles. The third-order valence-corrected chi connectivity index (χ3v) is 3.72. The SMILES string of the molecule is CSCC(C)N(C)C(=O)c1ccc(N)c(C)c1. The van der Waals surface area contributed by atoms with Crippen molar-refractivity contribution in [2.45, 2.75) is 19.9 Å². The standard InChI is InChI=1S/C13H20N2OS/c1-9-7-11(5-6-12(9)14)13(16)15(3)10(2)8-17-4/h5-7,10H,8,14H2,1-4H3. The Labute approximate surface area is 107 Å². The monoisotopic (exact) mass is 252 g/mol. The minimum Gasteiger partial charge on any atom is -0.399 e. The molecule has 1 aromatic rings. The lowest BCUT2D eigenvalue weighted by Crippen LogP contribution is -2.36. The van der Waals surface area contributed by atoms with Crippen LogP contribution in [0.15, 0.2) is 18.2 Å². The first kappa shape index (κ1) is 13.9. The molecule has 4 heteroatoms. The number of rotatable bonds is 4. The Balaban J connectivity index is 2.85. The van der Waals surface area contributed by atoms with Gasteiger partial charge in [-0.25, -0.2) is 0 Å². The van der Waals surface area contributed by atoms with Crippen molar-refractivity contribution in [2.24, 2.45) is 0 Å². The first-order valence-electron chi connectivity index (χ1n) is 5.59. The summed E-state index contributed by atoms with van der Waals surface area (Å²) in [5.74, 6) is 0.991.